The van der Waals surface area contributed by atoms with Gasteiger partial charge in [-0.15, -0.1) is 0 Å². The number of hydrogen-bond acceptors (Lipinski definition) is 4. The standard InChI is InChI=1S/C17H21NO3/c1-11(2)21-16(19)10-20-17-14(12(3)18)9-8-13-6-4-5-7-15(13)17/h4-9,11-12H,10,18H2,1-3H3/t12-/m1/s1. The lowest BCUT2D eigenvalue weighted by Crippen LogP contribution is -2.19. The smallest absolute Gasteiger partial charge is 0.344 e. The quantitative estimate of drug-likeness (QED) is 0.858. The van der Waals surface area contributed by atoms with Gasteiger partial charge in [0.2, 0.25) is 0 Å². The van der Waals surface area contributed by atoms with Crippen molar-refractivity contribution < 1.29 is 14.3 Å². The summed E-state index contributed by atoms with van der Waals surface area (Å²) in [7, 11) is 0. The SMILES string of the molecule is CC(C)OC(=O)COc1c([C@@H](C)N)ccc2ccccc12. The molecule has 0 aliphatic rings. The molecule has 0 unspecified atom stereocenters. The van der Waals surface area contributed by atoms with Gasteiger partial charge in [0.1, 0.15) is 5.75 Å². The maximum atomic E-state index is 11.7. The molecule has 0 saturated carbocycles. The molecule has 0 heterocycles. The Morgan fingerprint density at radius 3 is 2.52 bits per heavy atom. The van der Waals surface area contributed by atoms with E-state index in [1.54, 1.807) is 0 Å². The van der Waals surface area contributed by atoms with Gasteiger partial charge in [0.15, 0.2) is 6.61 Å². The second-order valence-electron chi connectivity index (χ2n) is 5.32. The highest BCUT2D eigenvalue weighted by molar-refractivity contribution is 5.90. The van der Waals surface area contributed by atoms with Gasteiger partial charge in [-0.05, 0) is 26.2 Å². The van der Waals surface area contributed by atoms with Gasteiger partial charge in [0.05, 0.1) is 6.10 Å². The minimum atomic E-state index is -0.381. The lowest BCUT2D eigenvalue weighted by atomic mass is 10.0. The normalized spacial score (nSPS) is 12.4. The molecule has 112 valence electrons. The summed E-state index contributed by atoms with van der Waals surface area (Å²) in [6.07, 6.45) is -0.151. The number of fused-ring (bicyclic) bond motifs is 1. The molecular weight excluding hydrogens is 266 g/mol. The van der Waals surface area contributed by atoms with E-state index >= 15 is 0 Å². The summed E-state index contributed by atoms with van der Waals surface area (Å²) in [6, 6.07) is 11.6. The van der Waals surface area contributed by atoms with Gasteiger partial charge in [-0.3, -0.25) is 0 Å². The summed E-state index contributed by atoms with van der Waals surface area (Å²) in [5.41, 5.74) is 6.88. The number of nitrogens with two attached hydrogens (primary N) is 1. The molecule has 0 amide bonds. The Balaban J connectivity index is 2.31. The predicted molar refractivity (Wildman–Crippen MR) is 83.3 cm³/mol. The summed E-state index contributed by atoms with van der Waals surface area (Å²) in [6.45, 7) is 5.39. The third kappa shape index (κ3) is 3.73. The first kappa shape index (κ1) is 15.3. The zero-order valence-corrected chi connectivity index (χ0v) is 12.6. The van der Waals surface area contributed by atoms with Gasteiger partial charge >= 0.3 is 5.97 Å². The first-order valence-electron chi connectivity index (χ1n) is 7.08. The molecule has 2 aromatic carbocycles. The Bertz CT molecular complexity index is 635. The van der Waals surface area contributed by atoms with Crippen LogP contribution in [0.2, 0.25) is 0 Å². The van der Waals surface area contributed by atoms with Crippen LogP contribution >= 0.6 is 0 Å². The van der Waals surface area contributed by atoms with E-state index in [4.69, 9.17) is 15.2 Å². The zero-order valence-electron chi connectivity index (χ0n) is 12.6. The molecule has 0 aliphatic heterocycles. The maximum absolute atomic E-state index is 11.7. The van der Waals surface area contributed by atoms with Crippen LogP contribution in [0.4, 0.5) is 0 Å². The average molecular weight is 287 g/mol. The number of benzene rings is 2. The molecular formula is C17H21NO3. The van der Waals surface area contributed by atoms with E-state index in [0.29, 0.717) is 5.75 Å². The van der Waals surface area contributed by atoms with E-state index in [-0.39, 0.29) is 24.7 Å². The van der Waals surface area contributed by atoms with Crippen LogP contribution in [-0.2, 0) is 9.53 Å². The fraction of sp³-hybridized carbons (Fsp3) is 0.353. The van der Waals surface area contributed by atoms with E-state index in [1.807, 2.05) is 57.2 Å². The van der Waals surface area contributed by atoms with Gasteiger partial charge in [-0.2, -0.15) is 0 Å². The summed E-state index contributed by atoms with van der Waals surface area (Å²) >= 11 is 0. The Labute approximate surface area is 124 Å². The fourth-order valence-electron chi connectivity index (χ4n) is 2.21. The van der Waals surface area contributed by atoms with Crippen LogP contribution in [0.1, 0.15) is 32.4 Å². The predicted octanol–water partition coefficient (Wildman–Crippen LogP) is 3.19. The molecule has 4 heteroatoms. The average Bonchev–Trinajstić information content (AvgIpc) is 2.43. The monoisotopic (exact) mass is 287 g/mol. The Morgan fingerprint density at radius 2 is 1.86 bits per heavy atom. The Kier molecular flexibility index (Phi) is 4.81. The van der Waals surface area contributed by atoms with Crippen molar-refractivity contribution in [2.45, 2.75) is 32.9 Å². The maximum Gasteiger partial charge on any atom is 0.344 e. The van der Waals surface area contributed by atoms with E-state index in [0.717, 1.165) is 16.3 Å². The van der Waals surface area contributed by atoms with Crippen molar-refractivity contribution in [2.24, 2.45) is 5.73 Å². The van der Waals surface area contributed by atoms with Crippen molar-refractivity contribution in [2.75, 3.05) is 6.61 Å². The molecule has 4 nitrogen and oxygen atoms in total. The lowest BCUT2D eigenvalue weighted by molar-refractivity contribution is -0.149. The Morgan fingerprint density at radius 1 is 1.14 bits per heavy atom. The minimum Gasteiger partial charge on any atom is -0.481 e. The van der Waals surface area contributed by atoms with Gasteiger partial charge in [0, 0.05) is 17.0 Å². The summed E-state index contributed by atoms with van der Waals surface area (Å²) in [4.78, 5) is 11.7. The van der Waals surface area contributed by atoms with Crippen LogP contribution in [0.3, 0.4) is 0 Å². The first-order chi connectivity index (χ1) is 9.99. The van der Waals surface area contributed by atoms with Crippen LogP contribution in [0.15, 0.2) is 36.4 Å². The third-order valence-corrected chi connectivity index (χ3v) is 3.10. The number of esters is 1. The molecule has 1 atom stereocenters. The number of hydrogen-bond donors (Lipinski definition) is 1. The van der Waals surface area contributed by atoms with Gasteiger partial charge in [-0.25, -0.2) is 4.79 Å². The molecule has 2 aromatic rings. The number of carbonyl (C=O) groups excluding carboxylic acids is 1. The molecule has 2 N–H and O–H groups in total. The number of carbonyl (C=O) groups is 1. The van der Waals surface area contributed by atoms with Crippen molar-refractivity contribution in [3.63, 3.8) is 0 Å². The highest BCUT2D eigenvalue weighted by Gasteiger charge is 2.14. The Hall–Kier alpha value is -2.07. The van der Waals surface area contributed by atoms with Crippen molar-refractivity contribution in [3.05, 3.63) is 42.0 Å². The summed E-state index contributed by atoms with van der Waals surface area (Å²) in [5, 5.41) is 2.00. The molecule has 0 aromatic heterocycles. The second-order valence-corrected chi connectivity index (χ2v) is 5.32. The van der Waals surface area contributed by atoms with Crippen LogP contribution in [0.25, 0.3) is 10.8 Å². The molecule has 0 bridgehead atoms. The van der Waals surface area contributed by atoms with Crippen molar-refractivity contribution in [3.8, 4) is 5.75 Å². The lowest BCUT2D eigenvalue weighted by Gasteiger charge is -2.17. The van der Waals surface area contributed by atoms with Crippen LogP contribution in [0.5, 0.6) is 5.75 Å². The molecule has 0 saturated heterocycles. The van der Waals surface area contributed by atoms with E-state index in [9.17, 15) is 4.79 Å². The number of ether oxygens (including phenoxy) is 2. The van der Waals surface area contributed by atoms with Crippen LogP contribution in [-0.4, -0.2) is 18.7 Å². The van der Waals surface area contributed by atoms with Crippen molar-refractivity contribution in [1.29, 1.82) is 0 Å². The fourth-order valence-corrected chi connectivity index (χ4v) is 2.21. The van der Waals surface area contributed by atoms with Crippen molar-refractivity contribution in [1.82, 2.24) is 0 Å². The van der Waals surface area contributed by atoms with E-state index in [2.05, 4.69) is 0 Å². The van der Waals surface area contributed by atoms with Crippen molar-refractivity contribution >= 4 is 16.7 Å². The van der Waals surface area contributed by atoms with E-state index in [1.165, 1.54) is 0 Å². The molecule has 0 spiro atoms. The third-order valence-electron chi connectivity index (χ3n) is 3.10. The number of rotatable bonds is 5. The molecule has 0 radical (unpaired) electrons. The van der Waals surface area contributed by atoms with Gasteiger partial charge in [0.25, 0.3) is 0 Å². The van der Waals surface area contributed by atoms with Crippen LogP contribution < -0.4 is 10.5 Å². The highest BCUT2D eigenvalue weighted by Crippen LogP contribution is 2.32. The minimum absolute atomic E-state index is 0.119. The van der Waals surface area contributed by atoms with Crippen LogP contribution in [0, 0.1) is 0 Å². The second kappa shape index (κ2) is 6.59. The molecule has 21 heavy (non-hydrogen) atoms. The van der Waals surface area contributed by atoms with E-state index < -0.39 is 0 Å². The van der Waals surface area contributed by atoms with Gasteiger partial charge < -0.3 is 15.2 Å². The van der Waals surface area contributed by atoms with Gasteiger partial charge in [-0.1, -0.05) is 36.4 Å². The summed E-state index contributed by atoms with van der Waals surface area (Å²) in [5.74, 6) is 0.275. The summed E-state index contributed by atoms with van der Waals surface area (Å²) < 4.78 is 10.8. The largest absolute Gasteiger partial charge is 0.481 e. The molecule has 2 rings (SSSR count). The topological polar surface area (TPSA) is 61.5 Å². The molecule has 0 fully saturated rings. The zero-order chi connectivity index (χ0) is 15.4. The highest BCUT2D eigenvalue weighted by atomic mass is 16.6. The molecule has 0 aliphatic carbocycles. The first-order valence-corrected chi connectivity index (χ1v) is 7.08.